The molecule has 1 aliphatic rings. The summed E-state index contributed by atoms with van der Waals surface area (Å²) in [6, 6.07) is 12.9. The van der Waals surface area contributed by atoms with Crippen molar-refractivity contribution < 1.29 is 27.5 Å². The summed E-state index contributed by atoms with van der Waals surface area (Å²) in [7, 11) is 0. The van der Waals surface area contributed by atoms with Crippen LogP contribution in [0.25, 0.3) is 0 Å². The summed E-state index contributed by atoms with van der Waals surface area (Å²) in [5.41, 5.74) is 1.22. The van der Waals surface area contributed by atoms with Gasteiger partial charge in [-0.25, -0.2) is 0 Å². The molecule has 154 valence electrons. The minimum absolute atomic E-state index is 0.0669. The van der Waals surface area contributed by atoms with Crippen molar-refractivity contribution in [2.75, 3.05) is 18.1 Å². The van der Waals surface area contributed by atoms with Crippen molar-refractivity contribution >= 4 is 29.1 Å². The maximum absolute atomic E-state index is 12.5. The highest BCUT2D eigenvalue weighted by molar-refractivity contribution is 6.31. The Hall–Kier alpha value is -2.74. The number of halogens is 4. The van der Waals surface area contributed by atoms with Crippen molar-refractivity contribution in [1.82, 2.24) is 5.32 Å². The highest BCUT2D eigenvalue weighted by Crippen LogP contribution is 2.27. The molecular weight excluding hydrogens is 409 g/mol. The van der Waals surface area contributed by atoms with Gasteiger partial charge in [0.05, 0.1) is 5.92 Å². The van der Waals surface area contributed by atoms with Gasteiger partial charge >= 0.3 is 6.18 Å². The van der Waals surface area contributed by atoms with E-state index in [0.29, 0.717) is 16.3 Å². The van der Waals surface area contributed by atoms with Crippen molar-refractivity contribution in [3.05, 3.63) is 59.1 Å². The molecule has 1 saturated heterocycles. The third-order valence-corrected chi connectivity index (χ3v) is 4.62. The average molecular weight is 427 g/mol. The van der Waals surface area contributed by atoms with Gasteiger partial charge in [-0.2, -0.15) is 13.2 Å². The Kier molecular flexibility index (Phi) is 6.32. The fourth-order valence-corrected chi connectivity index (χ4v) is 3.21. The van der Waals surface area contributed by atoms with Crippen LogP contribution in [0.5, 0.6) is 5.75 Å². The fraction of sp³-hybridized carbons (Fsp3) is 0.300. The first kappa shape index (κ1) is 21.0. The average Bonchev–Trinajstić information content (AvgIpc) is 3.06. The molecule has 0 aromatic heterocycles. The molecule has 1 unspecified atom stereocenters. The number of carbonyl (C=O) groups excluding carboxylic acids is 2. The summed E-state index contributed by atoms with van der Waals surface area (Å²) < 4.78 is 41.5. The molecule has 0 saturated carbocycles. The number of nitrogens with zero attached hydrogens (tertiary/aromatic N) is 1. The standard InChI is InChI=1S/C20H18ClF3N2O3/c21-15-4-2-5-16(9-15)26-11-14(8-18(26)27)19(28)25-10-13-3-1-6-17(7-13)29-12-20(22,23)24/h1-7,9,14H,8,10-12H2,(H,25,28). The van der Waals surface area contributed by atoms with E-state index in [0.717, 1.165) is 0 Å². The Bertz CT molecular complexity index is 905. The van der Waals surface area contributed by atoms with E-state index in [4.69, 9.17) is 16.3 Å². The van der Waals surface area contributed by atoms with Crippen molar-refractivity contribution in [3.63, 3.8) is 0 Å². The minimum atomic E-state index is -4.42. The molecule has 5 nitrogen and oxygen atoms in total. The number of rotatable bonds is 6. The molecule has 0 radical (unpaired) electrons. The van der Waals surface area contributed by atoms with Crippen LogP contribution in [0, 0.1) is 5.92 Å². The summed E-state index contributed by atoms with van der Waals surface area (Å²) >= 11 is 5.96. The van der Waals surface area contributed by atoms with Crippen LogP contribution in [0.15, 0.2) is 48.5 Å². The van der Waals surface area contributed by atoms with Gasteiger partial charge < -0.3 is 15.0 Å². The number of carbonyl (C=O) groups is 2. The van der Waals surface area contributed by atoms with Crippen LogP contribution in [0.1, 0.15) is 12.0 Å². The molecule has 3 rings (SSSR count). The molecule has 2 aromatic carbocycles. The predicted molar refractivity (Wildman–Crippen MR) is 102 cm³/mol. The number of anilines is 1. The van der Waals surface area contributed by atoms with Gasteiger partial charge in [0.2, 0.25) is 11.8 Å². The SMILES string of the molecule is O=C(NCc1cccc(OCC(F)(F)F)c1)C1CC(=O)N(c2cccc(Cl)c2)C1. The van der Waals surface area contributed by atoms with Crippen molar-refractivity contribution in [2.45, 2.75) is 19.1 Å². The van der Waals surface area contributed by atoms with Crippen LogP contribution in [0.2, 0.25) is 5.02 Å². The van der Waals surface area contributed by atoms with Crippen LogP contribution in [-0.2, 0) is 16.1 Å². The smallest absolute Gasteiger partial charge is 0.422 e. The van der Waals surface area contributed by atoms with Gasteiger partial charge in [0.1, 0.15) is 5.75 Å². The minimum Gasteiger partial charge on any atom is -0.484 e. The Labute approximate surface area is 170 Å². The second kappa shape index (κ2) is 8.73. The molecule has 0 spiro atoms. The lowest BCUT2D eigenvalue weighted by molar-refractivity contribution is -0.153. The largest absolute Gasteiger partial charge is 0.484 e. The van der Waals surface area contributed by atoms with Gasteiger partial charge in [0.25, 0.3) is 0 Å². The van der Waals surface area contributed by atoms with E-state index in [1.165, 1.54) is 17.0 Å². The second-order valence-corrected chi connectivity index (χ2v) is 7.09. The van der Waals surface area contributed by atoms with E-state index in [1.807, 2.05) is 0 Å². The molecule has 1 fully saturated rings. The van der Waals surface area contributed by atoms with Crippen LogP contribution >= 0.6 is 11.6 Å². The Morgan fingerprint density at radius 1 is 1.21 bits per heavy atom. The second-order valence-electron chi connectivity index (χ2n) is 6.65. The third kappa shape index (κ3) is 5.87. The zero-order chi connectivity index (χ0) is 21.0. The molecular formula is C20H18ClF3N2O3. The van der Waals surface area contributed by atoms with E-state index < -0.39 is 18.7 Å². The zero-order valence-corrected chi connectivity index (χ0v) is 16.0. The molecule has 1 atom stereocenters. The zero-order valence-electron chi connectivity index (χ0n) is 15.2. The van der Waals surface area contributed by atoms with E-state index in [2.05, 4.69) is 5.32 Å². The lowest BCUT2D eigenvalue weighted by Crippen LogP contribution is -2.32. The van der Waals surface area contributed by atoms with Crippen LogP contribution < -0.4 is 15.0 Å². The Balaban J connectivity index is 1.55. The van der Waals surface area contributed by atoms with Crippen LogP contribution in [-0.4, -0.2) is 31.1 Å². The number of ether oxygens (including phenoxy) is 1. The van der Waals surface area contributed by atoms with Crippen LogP contribution in [0.4, 0.5) is 18.9 Å². The highest BCUT2D eigenvalue weighted by atomic mass is 35.5. The normalized spacial score (nSPS) is 16.8. The van der Waals surface area contributed by atoms with Crippen molar-refractivity contribution in [1.29, 1.82) is 0 Å². The van der Waals surface area contributed by atoms with Crippen molar-refractivity contribution in [2.24, 2.45) is 5.92 Å². The highest BCUT2D eigenvalue weighted by Gasteiger charge is 2.35. The number of amides is 2. The molecule has 1 N–H and O–H groups in total. The monoisotopic (exact) mass is 426 g/mol. The first-order chi connectivity index (χ1) is 13.7. The maximum Gasteiger partial charge on any atom is 0.422 e. The molecule has 9 heteroatoms. The van der Waals surface area contributed by atoms with Gasteiger partial charge in [-0.15, -0.1) is 0 Å². The summed E-state index contributed by atoms with van der Waals surface area (Å²) in [5, 5.41) is 3.22. The molecule has 2 aromatic rings. The summed E-state index contributed by atoms with van der Waals surface area (Å²) in [6.45, 7) is -1.03. The maximum atomic E-state index is 12.5. The molecule has 29 heavy (non-hydrogen) atoms. The lowest BCUT2D eigenvalue weighted by Gasteiger charge is -2.17. The summed E-state index contributed by atoms with van der Waals surface area (Å²) in [6.07, 6.45) is -4.35. The van der Waals surface area contributed by atoms with Crippen molar-refractivity contribution in [3.8, 4) is 5.75 Å². The number of hydrogen-bond donors (Lipinski definition) is 1. The number of hydrogen-bond acceptors (Lipinski definition) is 3. The third-order valence-electron chi connectivity index (χ3n) is 4.38. The number of benzene rings is 2. The van der Waals surface area contributed by atoms with E-state index in [9.17, 15) is 22.8 Å². The predicted octanol–water partition coefficient (Wildman–Crippen LogP) is 3.95. The number of alkyl halides is 3. The van der Waals surface area contributed by atoms with E-state index in [-0.39, 0.29) is 37.1 Å². The topological polar surface area (TPSA) is 58.6 Å². The van der Waals surface area contributed by atoms with E-state index in [1.54, 1.807) is 36.4 Å². The first-order valence-electron chi connectivity index (χ1n) is 8.83. The van der Waals surface area contributed by atoms with E-state index >= 15 is 0 Å². The van der Waals surface area contributed by atoms with Gasteiger partial charge in [-0.3, -0.25) is 9.59 Å². The van der Waals surface area contributed by atoms with Gasteiger partial charge in [-0.1, -0.05) is 29.8 Å². The first-order valence-corrected chi connectivity index (χ1v) is 9.21. The Morgan fingerprint density at radius 3 is 2.69 bits per heavy atom. The molecule has 2 amide bonds. The molecule has 1 aliphatic heterocycles. The van der Waals surface area contributed by atoms with Gasteiger partial charge in [-0.05, 0) is 35.9 Å². The van der Waals surface area contributed by atoms with Crippen LogP contribution in [0.3, 0.4) is 0 Å². The molecule has 0 bridgehead atoms. The van der Waals surface area contributed by atoms with Gasteiger partial charge in [0.15, 0.2) is 6.61 Å². The summed E-state index contributed by atoms with van der Waals surface area (Å²) in [5.74, 6) is -0.928. The lowest BCUT2D eigenvalue weighted by atomic mass is 10.1. The quantitative estimate of drug-likeness (QED) is 0.761. The fourth-order valence-electron chi connectivity index (χ4n) is 3.02. The Morgan fingerprint density at radius 2 is 1.97 bits per heavy atom. The molecule has 0 aliphatic carbocycles. The molecule has 1 heterocycles. The van der Waals surface area contributed by atoms with Gasteiger partial charge in [0, 0.05) is 30.2 Å². The number of nitrogens with one attached hydrogen (secondary N) is 1. The summed E-state index contributed by atoms with van der Waals surface area (Å²) in [4.78, 5) is 26.2.